The molecule has 3 unspecified atom stereocenters. The van der Waals surface area contributed by atoms with Crippen LogP contribution in [0, 0.1) is 5.92 Å². The first-order valence-electron chi connectivity index (χ1n) is 6.37. The fourth-order valence-corrected chi connectivity index (χ4v) is 2.46. The van der Waals surface area contributed by atoms with Gasteiger partial charge < -0.3 is 15.4 Å². The molecule has 2 fully saturated rings. The van der Waals surface area contributed by atoms with Crippen LogP contribution in [0.4, 0.5) is 0 Å². The molecule has 1 amide bonds. The van der Waals surface area contributed by atoms with Gasteiger partial charge in [0.25, 0.3) is 0 Å². The largest absolute Gasteiger partial charge is 0.378 e. The van der Waals surface area contributed by atoms with Crippen molar-refractivity contribution in [1.82, 2.24) is 10.6 Å². The van der Waals surface area contributed by atoms with Gasteiger partial charge in [-0.1, -0.05) is 6.92 Å². The molecule has 0 spiro atoms. The van der Waals surface area contributed by atoms with E-state index in [1.54, 1.807) is 0 Å². The highest BCUT2D eigenvalue weighted by Crippen LogP contribution is 2.16. The number of ether oxygens (including phenoxy) is 1. The Kier molecular flexibility index (Phi) is 4.18. The van der Waals surface area contributed by atoms with Crippen molar-refractivity contribution in [3.63, 3.8) is 0 Å². The molecule has 0 aliphatic carbocycles. The van der Waals surface area contributed by atoms with Gasteiger partial charge in [-0.3, -0.25) is 4.79 Å². The highest BCUT2D eigenvalue weighted by Gasteiger charge is 2.25. The summed E-state index contributed by atoms with van der Waals surface area (Å²) < 4.78 is 5.46. The smallest absolute Gasteiger partial charge is 0.222 e. The van der Waals surface area contributed by atoms with Gasteiger partial charge in [-0.2, -0.15) is 0 Å². The summed E-state index contributed by atoms with van der Waals surface area (Å²) in [4.78, 5) is 11.8. The molecule has 0 radical (unpaired) electrons. The molecule has 3 atom stereocenters. The minimum atomic E-state index is 0.146. The van der Waals surface area contributed by atoms with E-state index in [2.05, 4.69) is 17.6 Å². The Morgan fingerprint density at radius 2 is 2.38 bits per heavy atom. The molecule has 2 N–H and O–H groups in total. The first-order valence-corrected chi connectivity index (χ1v) is 6.37. The predicted octanol–water partition coefficient (Wildman–Crippen LogP) is 0.670. The van der Waals surface area contributed by atoms with Gasteiger partial charge in [-0.15, -0.1) is 0 Å². The zero-order valence-corrected chi connectivity index (χ0v) is 10.00. The molecule has 2 rings (SSSR count). The van der Waals surface area contributed by atoms with Crippen LogP contribution in [0.25, 0.3) is 0 Å². The molecule has 2 heterocycles. The third-order valence-electron chi connectivity index (χ3n) is 3.61. The van der Waals surface area contributed by atoms with E-state index in [0.717, 1.165) is 39.0 Å². The Balaban J connectivity index is 1.72. The van der Waals surface area contributed by atoms with E-state index in [1.807, 2.05) is 0 Å². The van der Waals surface area contributed by atoms with Gasteiger partial charge in [0.1, 0.15) is 0 Å². The summed E-state index contributed by atoms with van der Waals surface area (Å²) in [5.74, 6) is 0.724. The lowest BCUT2D eigenvalue weighted by atomic mass is 9.94. The van der Waals surface area contributed by atoms with Gasteiger partial charge in [0.15, 0.2) is 0 Å². The monoisotopic (exact) mass is 226 g/mol. The van der Waals surface area contributed by atoms with Crippen molar-refractivity contribution < 1.29 is 9.53 Å². The van der Waals surface area contributed by atoms with E-state index < -0.39 is 0 Å². The maximum absolute atomic E-state index is 11.8. The number of piperidine rings is 1. The lowest BCUT2D eigenvalue weighted by molar-refractivity contribution is -0.124. The molecule has 0 aromatic carbocycles. The molecule has 4 nitrogen and oxygen atoms in total. The predicted molar refractivity (Wildman–Crippen MR) is 62.2 cm³/mol. The van der Waals surface area contributed by atoms with E-state index >= 15 is 0 Å². The Labute approximate surface area is 97.1 Å². The average molecular weight is 226 g/mol. The lowest BCUT2D eigenvalue weighted by Crippen LogP contribution is -2.50. The minimum absolute atomic E-state index is 0.146. The second-order valence-electron chi connectivity index (χ2n) is 4.98. The molecular formula is C12H22N2O2. The lowest BCUT2D eigenvalue weighted by Gasteiger charge is -2.30. The fraction of sp³-hybridized carbons (Fsp3) is 0.917. The van der Waals surface area contributed by atoms with E-state index in [1.165, 1.54) is 0 Å². The summed E-state index contributed by atoms with van der Waals surface area (Å²) >= 11 is 0. The van der Waals surface area contributed by atoms with Gasteiger partial charge in [0.05, 0.1) is 12.5 Å². The number of amides is 1. The van der Waals surface area contributed by atoms with Gasteiger partial charge in [-0.05, 0) is 31.7 Å². The van der Waals surface area contributed by atoms with E-state index in [9.17, 15) is 4.79 Å². The van der Waals surface area contributed by atoms with Gasteiger partial charge in [0.2, 0.25) is 5.91 Å². The second kappa shape index (κ2) is 5.64. The van der Waals surface area contributed by atoms with Crippen molar-refractivity contribution in [2.24, 2.45) is 5.92 Å². The maximum atomic E-state index is 11.8. The van der Waals surface area contributed by atoms with Crippen molar-refractivity contribution >= 4 is 5.91 Å². The van der Waals surface area contributed by atoms with Crippen LogP contribution in [-0.2, 0) is 9.53 Å². The quantitative estimate of drug-likeness (QED) is 0.743. The van der Waals surface area contributed by atoms with Crippen LogP contribution in [0.5, 0.6) is 0 Å². The van der Waals surface area contributed by atoms with E-state index in [-0.39, 0.29) is 12.0 Å². The SMILES string of the molecule is CC1CCNCC1NC(=O)CC1CCCO1. The van der Waals surface area contributed by atoms with Crippen LogP contribution >= 0.6 is 0 Å². The zero-order valence-electron chi connectivity index (χ0n) is 10.00. The highest BCUT2D eigenvalue weighted by molar-refractivity contribution is 5.76. The third kappa shape index (κ3) is 3.19. The van der Waals surface area contributed by atoms with Gasteiger partial charge >= 0.3 is 0 Å². The van der Waals surface area contributed by atoms with Crippen LogP contribution in [-0.4, -0.2) is 37.7 Å². The van der Waals surface area contributed by atoms with E-state index in [0.29, 0.717) is 18.4 Å². The summed E-state index contributed by atoms with van der Waals surface area (Å²) in [6.45, 7) is 4.99. The van der Waals surface area contributed by atoms with Crippen LogP contribution in [0.15, 0.2) is 0 Å². The maximum Gasteiger partial charge on any atom is 0.222 e. The molecule has 92 valence electrons. The van der Waals surface area contributed by atoms with Gasteiger partial charge in [-0.25, -0.2) is 0 Å². The van der Waals surface area contributed by atoms with Crippen LogP contribution in [0.3, 0.4) is 0 Å². The molecule has 0 aromatic heterocycles. The van der Waals surface area contributed by atoms with Crippen molar-refractivity contribution in [3.8, 4) is 0 Å². The van der Waals surface area contributed by atoms with Crippen molar-refractivity contribution in [2.45, 2.75) is 44.8 Å². The summed E-state index contributed by atoms with van der Waals surface area (Å²) in [6.07, 6.45) is 3.96. The Hall–Kier alpha value is -0.610. The molecule has 2 aliphatic heterocycles. The molecule has 0 bridgehead atoms. The molecule has 0 saturated carbocycles. The van der Waals surface area contributed by atoms with Crippen molar-refractivity contribution in [1.29, 1.82) is 0 Å². The Morgan fingerprint density at radius 1 is 1.50 bits per heavy atom. The Morgan fingerprint density at radius 3 is 3.06 bits per heavy atom. The number of rotatable bonds is 3. The number of carbonyl (C=O) groups excluding carboxylic acids is 1. The van der Waals surface area contributed by atoms with Crippen LogP contribution in [0.1, 0.15) is 32.6 Å². The molecule has 0 aromatic rings. The number of carbonyl (C=O) groups is 1. The standard InChI is InChI=1S/C12H22N2O2/c1-9-4-5-13-8-11(9)14-12(15)7-10-3-2-6-16-10/h9-11,13H,2-8H2,1H3,(H,14,15). The fourth-order valence-electron chi connectivity index (χ4n) is 2.46. The van der Waals surface area contributed by atoms with Crippen LogP contribution in [0.2, 0.25) is 0 Å². The average Bonchev–Trinajstić information content (AvgIpc) is 2.74. The molecule has 16 heavy (non-hydrogen) atoms. The third-order valence-corrected chi connectivity index (χ3v) is 3.61. The molecular weight excluding hydrogens is 204 g/mol. The number of hydrogen-bond donors (Lipinski definition) is 2. The number of nitrogens with one attached hydrogen (secondary N) is 2. The molecule has 4 heteroatoms. The topological polar surface area (TPSA) is 50.4 Å². The normalized spacial score (nSPS) is 34.9. The van der Waals surface area contributed by atoms with Gasteiger partial charge in [0, 0.05) is 19.2 Å². The summed E-state index contributed by atoms with van der Waals surface area (Å²) in [6, 6.07) is 0.294. The van der Waals surface area contributed by atoms with Crippen molar-refractivity contribution in [3.05, 3.63) is 0 Å². The van der Waals surface area contributed by atoms with Crippen molar-refractivity contribution in [2.75, 3.05) is 19.7 Å². The second-order valence-corrected chi connectivity index (χ2v) is 4.98. The van der Waals surface area contributed by atoms with E-state index in [4.69, 9.17) is 4.74 Å². The first-order chi connectivity index (χ1) is 7.75. The number of hydrogen-bond acceptors (Lipinski definition) is 3. The van der Waals surface area contributed by atoms with Crippen LogP contribution < -0.4 is 10.6 Å². The summed E-state index contributed by atoms with van der Waals surface area (Å²) in [7, 11) is 0. The minimum Gasteiger partial charge on any atom is -0.378 e. The molecule has 2 saturated heterocycles. The first kappa shape index (κ1) is 11.9. The highest BCUT2D eigenvalue weighted by atomic mass is 16.5. The molecule has 2 aliphatic rings. The Bertz CT molecular complexity index is 239. The summed E-state index contributed by atoms with van der Waals surface area (Å²) in [5, 5.41) is 6.43. The summed E-state index contributed by atoms with van der Waals surface area (Å²) in [5.41, 5.74) is 0. The zero-order chi connectivity index (χ0) is 11.4.